The first kappa shape index (κ1) is 17.3. The molecule has 0 radical (unpaired) electrons. The number of benzene rings is 1. The quantitative estimate of drug-likeness (QED) is 0.760. The molecule has 0 aliphatic carbocycles. The monoisotopic (exact) mass is 353 g/mol. The van der Waals surface area contributed by atoms with Gasteiger partial charge in [0.25, 0.3) is 0 Å². The van der Waals surface area contributed by atoms with Gasteiger partial charge in [-0.05, 0) is 25.3 Å². The van der Waals surface area contributed by atoms with Crippen LogP contribution < -0.4 is 10.9 Å². The number of hydrogen-bond acceptors (Lipinski definition) is 6. The molecule has 2 N–H and O–H groups in total. The van der Waals surface area contributed by atoms with Gasteiger partial charge in [-0.15, -0.1) is 0 Å². The highest BCUT2D eigenvalue weighted by atomic mass is 32.2. The SMILES string of the molecule is CCOC(=O)C1CNNC1S(=O)(=O)N1CCCC1c1ccccc1. The zero-order valence-electron chi connectivity index (χ0n) is 13.6. The summed E-state index contributed by atoms with van der Waals surface area (Å²) in [7, 11) is -3.69. The van der Waals surface area contributed by atoms with Crippen LogP contribution in [0.2, 0.25) is 0 Å². The Balaban J connectivity index is 1.85. The van der Waals surface area contributed by atoms with E-state index >= 15 is 0 Å². The number of hydrogen-bond donors (Lipinski definition) is 2. The van der Waals surface area contributed by atoms with Gasteiger partial charge in [0.1, 0.15) is 5.92 Å². The van der Waals surface area contributed by atoms with E-state index in [0.717, 1.165) is 18.4 Å². The van der Waals surface area contributed by atoms with Gasteiger partial charge >= 0.3 is 5.97 Å². The molecule has 0 aromatic heterocycles. The van der Waals surface area contributed by atoms with Crippen molar-refractivity contribution in [1.29, 1.82) is 0 Å². The molecule has 1 aromatic carbocycles. The van der Waals surface area contributed by atoms with Crippen LogP contribution in [0.1, 0.15) is 31.4 Å². The first-order chi connectivity index (χ1) is 11.6. The molecule has 7 nitrogen and oxygen atoms in total. The highest BCUT2D eigenvalue weighted by Crippen LogP contribution is 2.36. The molecular weight excluding hydrogens is 330 g/mol. The van der Waals surface area contributed by atoms with Crippen LogP contribution in [0.25, 0.3) is 0 Å². The van der Waals surface area contributed by atoms with Crippen molar-refractivity contribution in [3.63, 3.8) is 0 Å². The number of hydrazine groups is 1. The zero-order valence-corrected chi connectivity index (χ0v) is 14.5. The van der Waals surface area contributed by atoms with E-state index in [4.69, 9.17) is 4.74 Å². The Hall–Kier alpha value is -1.48. The zero-order chi connectivity index (χ0) is 17.2. The maximum Gasteiger partial charge on any atom is 0.313 e. The number of esters is 1. The molecule has 2 heterocycles. The number of carbonyl (C=O) groups excluding carboxylic acids is 1. The summed E-state index contributed by atoms with van der Waals surface area (Å²) in [5.74, 6) is -1.23. The van der Waals surface area contributed by atoms with Gasteiger partial charge in [-0.1, -0.05) is 30.3 Å². The fraction of sp³-hybridized carbons (Fsp3) is 0.562. The third kappa shape index (κ3) is 3.19. The fourth-order valence-electron chi connectivity index (χ4n) is 3.41. The van der Waals surface area contributed by atoms with E-state index < -0.39 is 27.3 Å². The van der Waals surface area contributed by atoms with Crippen molar-refractivity contribution in [3.8, 4) is 0 Å². The van der Waals surface area contributed by atoms with Crippen LogP contribution in [-0.4, -0.2) is 43.8 Å². The van der Waals surface area contributed by atoms with Crippen molar-refractivity contribution < 1.29 is 17.9 Å². The average Bonchev–Trinajstić information content (AvgIpc) is 3.26. The van der Waals surface area contributed by atoms with E-state index in [1.54, 1.807) is 6.92 Å². The maximum atomic E-state index is 13.2. The van der Waals surface area contributed by atoms with Gasteiger partial charge in [0.15, 0.2) is 5.37 Å². The standard InChI is InChI=1S/C16H23N3O4S/c1-2-23-16(20)13-11-17-18-15(13)24(21,22)19-10-6-9-14(19)12-7-4-3-5-8-12/h3-5,7-8,13-15,17-18H,2,6,9-11H2,1H3. The number of ether oxygens (including phenoxy) is 1. The topological polar surface area (TPSA) is 87.7 Å². The first-order valence-electron chi connectivity index (χ1n) is 8.26. The van der Waals surface area contributed by atoms with Crippen LogP contribution in [0.15, 0.2) is 30.3 Å². The largest absolute Gasteiger partial charge is 0.466 e. The Bertz CT molecular complexity index is 680. The van der Waals surface area contributed by atoms with E-state index in [-0.39, 0.29) is 19.2 Å². The molecule has 8 heteroatoms. The first-order valence-corrected chi connectivity index (χ1v) is 9.76. The van der Waals surface area contributed by atoms with Crippen LogP contribution >= 0.6 is 0 Å². The number of nitrogens with zero attached hydrogens (tertiary/aromatic N) is 1. The fourth-order valence-corrected chi connectivity index (χ4v) is 5.53. The van der Waals surface area contributed by atoms with E-state index in [0.29, 0.717) is 6.54 Å². The Kier molecular flexibility index (Phi) is 5.19. The van der Waals surface area contributed by atoms with E-state index in [1.807, 2.05) is 30.3 Å². The molecule has 0 bridgehead atoms. The summed E-state index contributed by atoms with van der Waals surface area (Å²) in [5.41, 5.74) is 6.53. The van der Waals surface area contributed by atoms with Crippen molar-refractivity contribution in [3.05, 3.63) is 35.9 Å². The molecule has 0 spiro atoms. The molecule has 0 amide bonds. The minimum Gasteiger partial charge on any atom is -0.466 e. The van der Waals surface area contributed by atoms with Crippen LogP contribution in [-0.2, 0) is 19.6 Å². The van der Waals surface area contributed by atoms with Crippen molar-refractivity contribution in [2.24, 2.45) is 5.92 Å². The molecule has 0 saturated carbocycles. The van der Waals surface area contributed by atoms with E-state index in [9.17, 15) is 13.2 Å². The second kappa shape index (κ2) is 7.18. The minimum absolute atomic E-state index is 0.179. The number of nitrogens with one attached hydrogen (secondary N) is 2. The molecule has 3 atom stereocenters. The predicted octanol–water partition coefficient (Wildman–Crippen LogP) is 0.767. The molecule has 24 heavy (non-hydrogen) atoms. The normalized spacial score (nSPS) is 28.1. The Morgan fingerprint density at radius 1 is 1.33 bits per heavy atom. The molecule has 132 valence electrons. The van der Waals surface area contributed by atoms with Gasteiger partial charge in [0.2, 0.25) is 10.0 Å². The lowest BCUT2D eigenvalue weighted by molar-refractivity contribution is -0.147. The summed E-state index contributed by atoms with van der Waals surface area (Å²) in [6, 6.07) is 9.45. The molecule has 2 fully saturated rings. The number of carbonyl (C=O) groups is 1. The lowest BCUT2D eigenvalue weighted by Crippen LogP contribution is -2.48. The number of rotatable bonds is 5. The molecule has 3 rings (SSSR count). The van der Waals surface area contributed by atoms with Crippen molar-refractivity contribution in [2.45, 2.75) is 31.2 Å². The Morgan fingerprint density at radius 2 is 2.08 bits per heavy atom. The van der Waals surface area contributed by atoms with E-state index in [1.165, 1.54) is 4.31 Å². The highest BCUT2D eigenvalue weighted by molar-refractivity contribution is 7.89. The van der Waals surface area contributed by atoms with Gasteiger partial charge < -0.3 is 4.74 Å². The maximum absolute atomic E-state index is 13.2. The van der Waals surface area contributed by atoms with E-state index in [2.05, 4.69) is 10.9 Å². The summed E-state index contributed by atoms with van der Waals surface area (Å²) >= 11 is 0. The van der Waals surface area contributed by atoms with Crippen molar-refractivity contribution in [1.82, 2.24) is 15.2 Å². The molecular formula is C16H23N3O4S. The van der Waals surface area contributed by atoms with Crippen LogP contribution in [0, 0.1) is 5.92 Å². The van der Waals surface area contributed by atoms with Gasteiger partial charge in [0.05, 0.1) is 6.61 Å². The minimum atomic E-state index is -3.69. The van der Waals surface area contributed by atoms with Crippen molar-refractivity contribution >= 4 is 16.0 Å². The summed E-state index contributed by atoms with van der Waals surface area (Å²) in [4.78, 5) is 12.1. The Morgan fingerprint density at radius 3 is 2.79 bits per heavy atom. The lowest BCUT2D eigenvalue weighted by Gasteiger charge is -2.29. The van der Waals surface area contributed by atoms with Crippen molar-refractivity contribution in [2.75, 3.05) is 19.7 Å². The smallest absolute Gasteiger partial charge is 0.313 e. The highest BCUT2D eigenvalue weighted by Gasteiger charge is 2.48. The Labute approximate surface area is 142 Å². The van der Waals surface area contributed by atoms with Crippen LogP contribution in [0.3, 0.4) is 0 Å². The summed E-state index contributed by atoms with van der Waals surface area (Å²) in [6.45, 7) is 2.66. The summed E-state index contributed by atoms with van der Waals surface area (Å²) < 4.78 is 32.9. The van der Waals surface area contributed by atoms with Gasteiger partial charge in [-0.25, -0.2) is 13.8 Å². The van der Waals surface area contributed by atoms with Gasteiger partial charge in [-0.2, -0.15) is 4.31 Å². The average molecular weight is 353 g/mol. The molecule has 3 unspecified atom stereocenters. The molecule has 2 saturated heterocycles. The molecule has 2 aliphatic heterocycles. The predicted molar refractivity (Wildman–Crippen MR) is 89.1 cm³/mol. The third-order valence-electron chi connectivity index (χ3n) is 4.56. The van der Waals surface area contributed by atoms with Gasteiger partial charge in [-0.3, -0.25) is 10.2 Å². The van der Waals surface area contributed by atoms with Crippen LogP contribution in [0.5, 0.6) is 0 Å². The summed E-state index contributed by atoms with van der Waals surface area (Å²) in [5, 5.41) is -0.999. The second-order valence-electron chi connectivity index (χ2n) is 6.03. The molecule has 1 aromatic rings. The molecule has 2 aliphatic rings. The number of sulfonamides is 1. The lowest BCUT2D eigenvalue weighted by atomic mass is 10.1. The van der Waals surface area contributed by atoms with Crippen LogP contribution in [0.4, 0.5) is 0 Å². The third-order valence-corrected chi connectivity index (χ3v) is 6.74. The van der Waals surface area contributed by atoms with Gasteiger partial charge in [0, 0.05) is 19.1 Å². The summed E-state index contributed by atoms with van der Waals surface area (Å²) in [6.07, 6.45) is 1.59. The second-order valence-corrected chi connectivity index (χ2v) is 8.04.